The van der Waals surface area contributed by atoms with Gasteiger partial charge in [0.1, 0.15) is 0 Å². The first-order valence-corrected chi connectivity index (χ1v) is 9.12. The van der Waals surface area contributed by atoms with Crippen molar-refractivity contribution in [1.29, 1.82) is 0 Å². The van der Waals surface area contributed by atoms with E-state index < -0.39 is 15.1 Å². The minimum absolute atomic E-state index is 0.150. The lowest BCUT2D eigenvalue weighted by Gasteiger charge is -2.19. The molecule has 1 atom stereocenters. The number of fused-ring (bicyclic) bond motifs is 3. The number of hydrogen-bond donors (Lipinski definition) is 2. The molecule has 0 saturated carbocycles. The number of nitrogens with zero attached hydrogens (tertiary/aromatic N) is 3. The van der Waals surface area contributed by atoms with Crippen LogP contribution in [0.3, 0.4) is 0 Å². The molecule has 1 aliphatic heterocycles. The van der Waals surface area contributed by atoms with Crippen molar-refractivity contribution >= 4 is 21.3 Å². The highest BCUT2D eigenvalue weighted by atomic mass is 32.2. The summed E-state index contributed by atoms with van der Waals surface area (Å²) in [5.74, 6) is 0.331. The Balaban J connectivity index is 2.39. The molecule has 2 N–H and O–H groups in total. The number of aryl methyl sites for hydroxylation is 1. The molecule has 0 fully saturated rings. The van der Waals surface area contributed by atoms with Crippen LogP contribution < -0.4 is 10.6 Å². The Morgan fingerprint density at radius 2 is 2.22 bits per heavy atom. The second-order valence-electron chi connectivity index (χ2n) is 5.70. The second kappa shape index (κ2) is 5.61. The van der Waals surface area contributed by atoms with E-state index in [0.29, 0.717) is 11.5 Å². The molecule has 1 aliphatic rings. The fourth-order valence-corrected chi connectivity index (χ4v) is 4.31. The normalized spacial score (nSPS) is 16.1. The van der Waals surface area contributed by atoms with E-state index >= 15 is 0 Å². The van der Waals surface area contributed by atoms with Crippen LogP contribution in [0.2, 0.25) is 0 Å². The molecule has 0 amide bonds. The highest BCUT2D eigenvalue weighted by Crippen LogP contribution is 2.31. The summed E-state index contributed by atoms with van der Waals surface area (Å²) < 4.78 is 27.4. The predicted octanol–water partition coefficient (Wildman–Crippen LogP) is 1.07. The Hall–Kier alpha value is -1.93. The summed E-state index contributed by atoms with van der Waals surface area (Å²) in [6, 6.07) is 0. The van der Waals surface area contributed by atoms with Gasteiger partial charge in [-0.05, 0) is 13.8 Å². The van der Waals surface area contributed by atoms with E-state index in [1.807, 2.05) is 6.92 Å². The van der Waals surface area contributed by atoms with E-state index in [1.165, 1.54) is 6.08 Å². The average molecular weight is 335 g/mol. The molecule has 0 bridgehead atoms. The summed E-state index contributed by atoms with van der Waals surface area (Å²) in [6.45, 7) is 8.69. The number of anilines is 1. The van der Waals surface area contributed by atoms with Gasteiger partial charge in [0, 0.05) is 37.8 Å². The Kier molecular flexibility index (Phi) is 3.89. The van der Waals surface area contributed by atoms with Crippen LogP contribution in [0.1, 0.15) is 23.9 Å². The van der Waals surface area contributed by atoms with Gasteiger partial charge in [0.05, 0.1) is 10.9 Å². The van der Waals surface area contributed by atoms with Crippen molar-refractivity contribution in [3.63, 3.8) is 0 Å². The summed E-state index contributed by atoms with van der Waals surface area (Å²) in [6.07, 6.45) is 2.21. The van der Waals surface area contributed by atoms with Crippen LogP contribution in [-0.2, 0) is 22.8 Å². The van der Waals surface area contributed by atoms with Crippen molar-refractivity contribution in [3.05, 3.63) is 29.6 Å². The van der Waals surface area contributed by atoms with E-state index in [9.17, 15) is 8.42 Å². The topological polar surface area (TPSA) is 88.4 Å². The quantitative estimate of drug-likeness (QED) is 0.813. The molecule has 3 rings (SSSR count). The Morgan fingerprint density at radius 1 is 1.48 bits per heavy atom. The van der Waals surface area contributed by atoms with E-state index in [-0.39, 0.29) is 4.90 Å². The van der Waals surface area contributed by atoms with Crippen molar-refractivity contribution in [1.82, 2.24) is 19.9 Å². The van der Waals surface area contributed by atoms with Crippen molar-refractivity contribution in [3.8, 4) is 0 Å². The van der Waals surface area contributed by atoms with E-state index in [4.69, 9.17) is 0 Å². The zero-order valence-electron chi connectivity index (χ0n) is 13.5. The van der Waals surface area contributed by atoms with Crippen LogP contribution >= 0.6 is 0 Å². The molecule has 23 heavy (non-hydrogen) atoms. The standard InChI is InChI=1S/C15H21N5O2S/c1-5-9(2)23(21,22)13-14(16-4)19-20-12-6-7-17-8-11(12)10(3)18-15(13)20/h5,9,17H,1,6-8H2,2-4H3,(H,16,19). The minimum Gasteiger partial charge on any atom is -0.371 e. The SMILES string of the molecule is C=CC(C)S(=O)(=O)c1c(NC)nn2c3c(c(C)nc12)CNCC3. The first-order chi connectivity index (χ1) is 10.9. The summed E-state index contributed by atoms with van der Waals surface area (Å²) in [5, 5.41) is 9.97. The lowest BCUT2D eigenvalue weighted by atomic mass is 10.1. The molecular formula is C15H21N5O2S. The maximum Gasteiger partial charge on any atom is 0.191 e. The monoisotopic (exact) mass is 335 g/mol. The number of sulfone groups is 1. The summed E-state index contributed by atoms with van der Waals surface area (Å²) in [4.78, 5) is 4.70. The Labute approximate surface area is 135 Å². The maximum absolute atomic E-state index is 12.9. The molecule has 0 radical (unpaired) electrons. The van der Waals surface area contributed by atoms with Crippen molar-refractivity contribution in [2.75, 3.05) is 18.9 Å². The summed E-state index contributed by atoms with van der Waals surface area (Å²) >= 11 is 0. The van der Waals surface area contributed by atoms with E-state index in [2.05, 4.69) is 27.3 Å². The van der Waals surface area contributed by atoms with Gasteiger partial charge in [0.15, 0.2) is 26.2 Å². The van der Waals surface area contributed by atoms with Gasteiger partial charge in [-0.3, -0.25) is 0 Å². The van der Waals surface area contributed by atoms with Crippen molar-refractivity contribution in [2.45, 2.75) is 37.0 Å². The van der Waals surface area contributed by atoms with Crippen molar-refractivity contribution in [2.24, 2.45) is 0 Å². The fraction of sp³-hybridized carbons (Fsp3) is 0.467. The first-order valence-electron chi connectivity index (χ1n) is 7.57. The van der Waals surface area contributed by atoms with E-state index in [0.717, 1.165) is 36.5 Å². The lowest BCUT2D eigenvalue weighted by Crippen LogP contribution is -2.27. The van der Waals surface area contributed by atoms with E-state index in [1.54, 1.807) is 18.5 Å². The zero-order valence-corrected chi connectivity index (χ0v) is 14.4. The number of aromatic nitrogens is 3. The van der Waals surface area contributed by atoms with Gasteiger partial charge < -0.3 is 10.6 Å². The predicted molar refractivity (Wildman–Crippen MR) is 89.5 cm³/mol. The molecule has 1 unspecified atom stereocenters. The van der Waals surface area contributed by atoms with Crippen molar-refractivity contribution < 1.29 is 8.42 Å². The number of hydrogen-bond acceptors (Lipinski definition) is 6. The third kappa shape index (κ3) is 2.33. The molecule has 3 heterocycles. The maximum atomic E-state index is 12.9. The number of rotatable bonds is 4. The molecular weight excluding hydrogens is 314 g/mol. The lowest BCUT2D eigenvalue weighted by molar-refractivity contribution is 0.591. The molecule has 124 valence electrons. The third-order valence-corrected chi connectivity index (χ3v) is 6.43. The van der Waals surface area contributed by atoms with Gasteiger partial charge in [-0.15, -0.1) is 11.7 Å². The van der Waals surface area contributed by atoms with Gasteiger partial charge in [-0.1, -0.05) is 6.08 Å². The average Bonchev–Trinajstić information content (AvgIpc) is 2.93. The van der Waals surface area contributed by atoms with Gasteiger partial charge in [-0.25, -0.2) is 17.9 Å². The molecule has 7 nitrogen and oxygen atoms in total. The zero-order chi connectivity index (χ0) is 16.8. The summed E-state index contributed by atoms with van der Waals surface area (Å²) in [5.41, 5.74) is 3.34. The summed E-state index contributed by atoms with van der Waals surface area (Å²) in [7, 11) is -1.93. The molecule has 0 spiro atoms. The van der Waals surface area contributed by atoms with Crippen LogP contribution in [0.5, 0.6) is 0 Å². The third-order valence-electron chi connectivity index (χ3n) is 4.32. The van der Waals surface area contributed by atoms with Gasteiger partial charge in [0.25, 0.3) is 0 Å². The number of nitrogens with one attached hydrogen (secondary N) is 2. The second-order valence-corrected chi connectivity index (χ2v) is 7.94. The highest BCUT2D eigenvalue weighted by molar-refractivity contribution is 7.92. The van der Waals surface area contributed by atoms with Crippen LogP contribution in [0, 0.1) is 6.92 Å². The van der Waals surface area contributed by atoms with Crippen LogP contribution in [0.4, 0.5) is 5.82 Å². The van der Waals surface area contributed by atoms with Gasteiger partial charge in [0.2, 0.25) is 0 Å². The Bertz CT molecular complexity index is 885. The first kappa shape index (κ1) is 15.9. The smallest absolute Gasteiger partial charge is 0.191 e. The fourth-order valence-electron chi connectivity index (χ4n) is 2.89. The molecule has 8 heteroatoms. The Morgan fingerprint density at radius 3 is 2.87 bits per heavy atom. The van der Waals surface area contributed by atoms with Crippen LogP contribution in [-0.4, -0.2) is 41.9 Å². The molecule has 0 aromatic carbocycles. The highest BCUT2D eigenvalue weighted by Gasteiger charge is 2.32. The van der Waals surface area contributed by atoms with Crippen LogP contribution in [0.25, 0.3) is 5.65 Å². The molecule has 2 aromatic heterocycles. The van der Waals surface area contributed by atoms with Crippen LogP contribution in [0.15, 0.2) is 17.6 Å². The molecule has 0 saturated heterocycles. The minimum atomic E-state index is -3.60. The molecule has 2 aromatic rings. The van der Waals surface area contributed by atoms with Gasteiger partial charge >= 0.3 is 0 Å². The van der Waals surface area contributed by atoms with Gasteiger partial charge in [-0.2, -0.15) is 0 Å². The molecule has 0 aliphatic carbocycles. The largest absolute Gasteiger partial charge is 0.371 e.